The number of hydrogen-bond donors (Lipinski definition) is 1. The summed E-state index contributed by atoms with van der Waals surface area (Å²) in [5, 5.41) is 0. The van der Waals surface area contributed by atoms with Crippen molar-refractivity contribution in [3.63, 3.8) is 0 Å². The second-order valence-electron chi connectivity index (χ2n) is 4.54. The Morgan fingerprint density at radius 2 is 1.62 bits per heavy atom. The molecular weight excluding hydrogens is 276 g/mol. The standard InChI is InChI=1S/C16H17F2NO2/c1-20-13-4-2-11(3-5-13)6-7-21-16-14(17)8-12(10-19)9-15(16)18/h2-5,8-9H,6-7,10,19H2,1H3. The molecule has 0 radical (unpaired) electrons. The molecule has 0 heterocycles. The summed E-state index contributed by atoms with van der Waals surface area (Å²) in [4.78, 5) is 0. The van der Waals surface area contributed by atoms with E-state index in [0.29, 0.717) is 12.0 Å². The Balaban J connectivity index is 1.96. The first-order valence-corrected chi connectivity index (χ1v) is 6.57. The van der Waals surface area contributed by atoms with Gasteiger partial charge in [0.15, 0.2) is 17.4 Å². The third kappa shape index (κ3) is 3.92. The van der Waals surface area contributed by atoms with E-state index < -0.39 is 11.6 Å². The zero-order valence-electron chi connectivity index (χ0n) is 11.7. The number of benzene rings is 2. The van der Waals surface area contributed by atoms with Crippen LogP contribution in [0.3, 0.4) is 0 Å². The minimum absolute atomic E-state index is 0.0833. The predicted octanol–water partition coefficient (Wildman–Crippen LogP) is 3.05. The first-order chi connectivity index (χ1) is 10.1. The van der Waals surface area contributed by atoms with E-state index in [4.69, 9.17) is 15.2 Å². The highest BCUT2D eigenvalue weighted by Crippen LogP contribution is 2.23. The van der Waals surface area contributed by atoms with E-state index in [0.717, 1.165) is 11.3 Å². The molecule has 0 amide bonds. The number of nitrogens with two attached hydrogens (primary N) is 1. The van der Waals surface area contributed by atoms with Crippen LogP contribution in [0.1, 0.15) is 11.1 Å². The largest absolute Gasteiger partial charge is 0.497 e. The molecule has 0 aliphatic carbocycles. The van der Waals surface area contributed by atoms with Crippen LogP contribution in [0.25, 0.3) is 0 Å². The van der Waals surface area contributed by atoms with E-state index >= 15 is 0 Å². The van der Waals surface area contributed by atoms with E-state index in [2.05, 4.69) is 0 Å². The molecule has 0 spiro atoms. The molecular formula is C16H17F2NO2. The lowest BCUT2D eigenvalue weighted by Gasteiger charge is -2.10. The van der Waals surface area contributed by atoms with E-state index in [1.54, 1.807) is 7.11 Å². The fraction of sp³-hybridized carbons (Fsp3) is 0.250. The zero-order chi connectivity index (χ0) is 15.2. The monoisotopic (exact) mass is 293 g/mol. The fourth-order valence-electron chi connectivity index (χ4n) is 1.93. The Labute approximate surface area is 122 Å². The summed E-state index contributed by atoms with van der Waals surface area (Å²) in [5.74, 6) is -1.06. The lowest BCUT2D eigenvalue weighted by Crippen LogP contribution is -2.06. The van der Waals surface area contributed by atoms with Crippen molar-refractivity contribution in [2.75, 3.05) is 13.7 Å². The van der Waals surface area contributed by atoms with Crippen LogP contribution >= 0.6 is 0 Å². The molecule has 21 heavy (non-hydrogen) atoms. The lowest BCUT2D eigenvalue weighted by molar-refractivity contribution is 0.288. The van der Waals surface area contributed by atoms with Gasteiger partial charge >= 0.3 is 0 Å². The van der Waals surface area contributed by atoms with Gasteiger partial charge in [0.2, 0.25) is 0 Å². The van der Waals surface area contributed by atoms with Gasteiger partial charge in [-0.05, 0) is 35.4 Å². The smallest absolute Gasteiger partial charge is 0.190 e. The fourth-order valence-corrected chi connectivity index (χ4v) is 1.93. The van der Waals surface area contributed by atoms with Gasteiger partial charge in [-0.15, -0.1) is 0 Å². The molecule has 2 N–H and O–H groups in total. The van der Waals surface area contributed by atoms with Crippen LogP contribution in [0.5, 0.6) is 11.5 Å². The summed E-state index contributed by atoms with van der Waals surface area (Å²) >= 11 is 0. The summed E-state index contributed by atoms with van der Waals surface area (Å²) in [6, 6.07) is 9.79. The number of hydrogen-bond acceptors (Lipinski definition) is 3. The highest BCUT2D eigenvalue weighted by molar-refractivity contribution is 5.31. The van der Waals surface area contributed by atoms with Crippen molar-refractivity contribution in [2.45, 2.75) is 13.0 Å². The Bertz CT molecular complexity index is 577. The number of halogens is 2. The Morgan fingerprint density at radius 3 is 2.14 bits per heavy atom. The van der Waals surface area contributed by atoms with E-state index in [1.807, 2.05) is 24.3 Å². The van der Waals surface area contributed by atoms with E-state index in [-0.39, 0.29) is 18.9 Å². The average molecular weight is 293 g/mol. The molecule has 2 rings (SSSR count). The van der Waals surface area contributed by atoms with Crippen molar-refractivity contribution in [3.05, 3.63) is 59.2 Å². The zero-order valence-corrected chi connectivity index (χ0v) is 11.7. The molecule has 0 atom stereocenters. The molecule has 0 aliphatic rings. The van der Waals surface area contributed by atoms with Crippen molar-refractivity contribution in [1.82, 2.24) is 0 Å². The molecule has 112 valence electrons. The first kappa shape index (κ1) is 15.3. The maximum Gasteiger partial charge on any atom is 0.190 e. The quantitative estimate of drug-likeness (QED) is 0.890. The molecule has 3 nitrogen and oxygen atoms in total. The number of methoxy groups -OCH3 is 1. The van der Waals surface area contributed by atoms with Crippen LogP contribution < -0.4 is 15.2 Å². The normalized spacial score (nSPS) is 10.5. The summed E-state index contributed by atoms with van der Waals surface area (Å²) in [6.45, 7) is 0.266. The van der Waals surface area contributed by atoms with Crippen LogP contribution in [0, 0.1) is 11.6 Å². The molecule has 0 aromatic heterocycles. The predicted molar refractivity (Wildman–Crippen MR) is 76.4 cm³/mol. The Hall–Kier alpha value is -2.14. The number of rotatable bonds is 6. The molecule has 0 saturated carbocycles. The SMILES string of the molecule is COc1ccc(CCOc2c(F)cc(CN)cc2F)cc1. The maximum absolute atomic E-state index is 13.7. The lowest BCUT2D eigenvalue weighted by atomic mass is 10.1. The van der Waals surface area contributed by atoms with Gasteiger partial charge in [0.1, 0.15) is 5.75 Å². The minimum Gasteiger partial charge on any atom is -0.497 e. The average Bonchev–Trinajstić information content (AvgIpc) is 2.50. The summed E-state index contributed by atoms with van der Waals surface area (Å²) < 4.78 is 37.6. The van der Waals surface area contributed by atoms with Crippen molar-refractivity contribution >= 4 is 0 Å². The van der Waals surface area contributed by atoms with Gasteiger partial charge < -0.3 is 15.2 Å². The third-order valence-corrected chi connectivity index (χ3v) is 3.09. The third-order valence-electron chi connectivity index (χ3n) is 3.09. The minimum atomic E-state index is -0.731. The molecule has 0 aliphatic heterocycles. The summed E-state index contributed by atoms with van der Waals surface area (Å²) in [7, 11) is 1.59. The van der Waals surface area contributed by atoms with Crippen molar-refractivity contribution in [3.8, 4) is 11.5 Å². The molecule has 0 unspecified atom stereocenters. The van der Waals surface area contributed by atoms with Crippen LogP contribution in [0.2, 0.25) is 0 Å². The first-order valence-electron chi connectivity index (χ1n) is 6.57. The molecule has 0 bridgehead atoms. The second kappa shape index (κ2) is 7.04. The second-order valence-corrected chi connectivity index (χ2v) is 4.54. The van der Waals surface area contributed by atoms with Crippen LogP contribution in [0.15, 0.2) is 36.4 Å². The van der Waals surface area contributed by atoms with Crippen molar-refractivity contribution in [2.24, 2.45) is 5.73 Å². The van der Waals surface area contributed by atoms with Gasteiger partial charge in [0.05, 0.1) is 13.7 Å². The Kier molecular flexibility index (Phi) is 5.11. The summed E-state index contributed by atoms with van der Waals surface area (Å²) in [5.41, 5.74) is 6.74. The molecule has 0 saturated heterocycles. The topological polar surface area (TPSA) is 44.5 Å². The van der Waals surface area contributed by atoms with E-state index in [1.165, 1.54) is 12.1 Å². The molecule has 2 aromatic carbocycles. The van der Waals surface area contributed by atoms with Crippen LogP contribution in [-0.2, 0) is 13.0 Å². The van der Waals surface area contributed by atoms with Crippen molar-refractivity contribution < 1.29 is 18.3 Å². The highest BCUT2D eigenvalue weighted by atomic mass is 19.1. The van der Waals surface area contributed by atoms with Gasteiger partial charge in [0.25, 0.3) is 0 Å². The Morgan fingerprint density at radius 1 is 1.00 bits per heavy atom. The van der Waals surface area contributed by atoms with Crippen molar-refractivity contribution in [1.29, 1.82) is 0 Å². The van der Waals surface area contributed by atoms with Gasteiger partial charge in [-0.3, -0.25) is 0 Å². The molecule has 0 fully saturated rings. The maximum atomic E-state index is 13.7. The van der Waals surface area contributed by atoms with Crippen LogP contribution in [-0.4, -0.2) is 13.7 Å². The highest BCUT2D eigenvalue weighted by Gasteiger charge is 2.12. The van der Waals surface area contributed by atoms with Gasteiger partial charge in [0, 0.05) is 13.0 Å². The van der Waals surface area contributed by atoms with Gasteiger partial charge in [-0.2, -0.15) is 0 Å². The number of ether oxygens (including phenoxy) is 2. The van der Waals surface area contributed by atoms with E-state index in [9.17, 15) is 8.78 Å². The van der Waals surface area contributed by atoms with Crippen LogP contribution in [0.4, 0.5) is 8.78 Å². The molecule has 5 heteroatoms. The molecule has 2 aromatic rings. The van der Waals surface area contributed by atoms with Gasteiger partial charge in [-0.25, -0.2) is 8.78 Å². The summed E-state index contributed by atoms with van der Waals surface area (Å²) in [6.07, 6.45) is 0.543. The van der Waals surface area contributed by atoms with Gasteiger partial charge in [-0.1, -0.05) is 12.1 Å².